The van der Waals surface area contributed by atoms with Crippen LogP contribution in [0.1, 0.15) is 11.1 Å². The van der Waals surface area contributed by atoms with E-state index in [0.717, 1.165) is 23.0 Å². The molecule has 0 unspecified atom stereocenters. The smallest absolute Gasteiger partial charge is 0.317 e. The lowest BCUT2D eigenvalue weighted by Crippen LogP contribution is -2.37. The molecule has 24 heavy (non-hydrogen) atoms. The Balaban J connectivity index is 1.74. The van der Waals surface area contributed by atoms with Gasteiger partial charge in [0, 0.05) is 29.1 Å². The minimum Gasteiger partial charge on any atom is -0.480 e. The number of aliphatic carboxylic acids is 1. The Hall–Kier alpha value is -1.43. The van der Waals surface area contributed by atoms with Crippen molar-refractivity contribution in [2.24, 2.45) is 0 Å². The largest absolute Gasteiger partial charge is 0.480 e. The molecular formula is C19H23NO2S2. The number of carboxylic acids is 1. The SMILES string of the molecule is O=C(O)CNC(CSCc1ccccc1)CSCc1ccccc1. The number of hydrogen-bond donors (Lipinski definition) is 2. The molecule has 0 aliphatic heterocycles. The number of carbonyl (C=O) groups is 1. The summed E-state index contributed by atoms with van der Waals surface area (Å²) in [6.07, 6.45) is 0. The maximum Gasteiger partial charge on any atom is 0.317 e. The van der Waals surface area contributed by atoms with Gasteiger partial charge in [-0.3, -0.25) is 4.79 Å². The van der Waals surface area contributed by atoms with Gasteiger partial charge in [-0.25, -0.2) is 0 Å². The van der Waals surface area contributed by atoms with Crippen LogP contribution in [0.2, 0.25) is 0 Å². The molecule has 2 aromatic rings. The first-order valence-corrected chi connectivity index (χ1v) is 10.2. The molecule has 0 bridgehead atoms. The van der Waals surface area contributed by atoms with Crippen molar-refractivity contribution in [3.63, 3.8) is 0 Å². The van der Waals surface area contributed by atoms with E-state index in [1.54, 1.807) is 0 Å². The van der Waals surface area contributed by atoms with Crippen LogP contribution in [0.5, 0.6) is 0 Å². The maximum atomic E-state index is 10.8. The molecule has 0 fully saturated rings. The van der Waals surface area contributed by atoms with Gasteiger partial charge in [-0.1, -0.05) is 60.7 Å². The van der Waals surface area contributed by atoms with Crippen molar-refractivity contribution in [3.05, 3.63) is 71.8 Å². The first kappa shape index (κ1) is 18.9. The predicted octanol–water partition coefficient (Wildman–Crippen LogP) is 3.90. The second-order valence-electron chi connectivity index (χ2n) is 5.47. The molecule has 0 aliphatic rings. The molecule has 0 aliphatic carbocycles. The van der Waals surface area contributed by atoms with Gasteiger partial charge < -0.3 is 10.4 Å². The van der Waals surface area contributed by atoms with Crippen molar-refractivity contribution >= 4 is 29.5 Å². The minimum absolute atomic E-state index is 0.0163. The van der Waals surface area contributed by atoms with E-state index in [2.05, 4.69) is 29.6 Å². The summed E-state index contributed by atoms with van der Waals surface area (Å²) in [7, 11) is 0. The van der Waals surface area contributed by atoms with Crippen LogP contribution in [-0.4, -0.2) is 35.2 Å². The first-order chi connectivity index (χ1) is 11.7. The average Bonchev–Trinajstić information content (AvgIpc) is 2.61. The zero-order valence-electron chi connectivity index (χ0n) is 13.6. The van der Waals surface area contributed by atoms with Gasteiger partial charge in [0.1, 0.15) is 0 Å². The fourth-order valence-electron chi connectivity index (χ4n) is 2.18. The average molecular weight is 362 g/mol. The van der Waals surface area contributed by atoms with Gasteiger partial charge in [0.15, 0.2) is 0 Å². The third kappa shape index (κ3) is 7.90. The van der Waals surface area contributed by atoms with Crippen LogP contribution >= 0.6 is 23.5 Å². The van der Waals surface area contributed by atoms with Crippen molar-refractivity contribution in [1.82, 2.24) is 5.32 Å². The van der Waals surface area contributed by atoms with E-state index in [0.29, 0.717) is 0 Å². The number of carboxylic acid groups (broad SMARTS) is 1. The molecule has 2 rings (SSSR count). The van der Waals surface area contributed by atoms with Crippen molar-refractivity contribution in [3.8, 4) is 0 Å². The van der Waals surface area contributed by atoms with Gasteiger partial charge in [-0.05, 0) is 11.1 Å². The molecule has 0 heterocycles. The van der Waals surface area contributed by atoms with Gasteiger partial charge in [0.05, 0.1) is 6.54 Å². The normalized spacial score (nSPS) is 10.9. The summed E-state index contributed by atoms with van der Waals surface area (Å²) in [6, 6.07) is 20.9. The van der Waals surface area contributed by atoms with Crippen LogP contribution in [0.15, 0.2) is 60.7 Å². The van der Waals surface area contributed by atoms with Crippen LogP contribution < -0.4 is 5.32 Å². The van der Waals surface area contributed by atoms with Gasteiger partial charge in [-0.15, -0.1) is 0 Å². The zero-order chi connectivity index (χ0) is 17.0. The highest BCUT2D eigenvalue weighted by molar-refractivity contribution is 7.99. The Morgan fingerprint density at radius 2 is 1.33 bits per heavy atom. The van der Waals surface area contributed by atoms with Crippen LogP contribution in [0.25, 0.3) is 0 Å². The molecule has 128 valence electrons. The summed E-state index contributed by atoms with van der Waals surface area (Å²) in [5.41, 5.74) is 2.60. The van der Waals surface area contributed by atoms with Gasteiger partial charge in [-0.2, -0.15) is 23.5 Å². The molecule has 0 atom stereocenters. The molecule has 3 nitrogen and oxygen atoms in total. The van der Waals surface area contributed by atoms with Crippen molar-refractivity contribution < 1.29 is 9.90 Å². The lowest BCUT2D eigenvalue weighted by atomic mass is 10.2. The van der Waals surface area contributed by atoms with Crippen LogP contribution in [0.3, 0.4) is 0 Å². The summed E-state index contributed by atoms with van der Waals surface area (Å²) < 4.78 is 0. The van der Waals surface area contributed by atoms with Crippen LogP contribution in [-0.2, 0) is 16.3 Å². The highest BCUT2D eigenvalue weighted by atomic mass is 32.2. The summed E-state index contributed by atoms with van der Waals surface area (Å²) in [6.45, 7) is 0.0163. The number of benzene rings is 2. The van der Waals surface area contributed by atoms with Crippen molar-refractivity contribution in [1.29, 1.82) is 0 Å². The van der Waals surface area contributed by atoms with E-state index < -0.39 is 5.97 Å². The molecule has 0 aromatic heterocycles. The van der Waals surface area contributed by atoms with Gasteiger partial charge in [0.2, 0.25) is 0 Å². The number of nitrogens with one attached hydrogen (secondary N) is 1. The summed E-state index contributed by atoms with van der Waals surface area (Å²) in [5, 5.41) is 12.0. The molecule has 0 saturated heterocycles. The molecule has 5 heteroatoms. The molecule has 0 amide bonds. The minimum atomic E-state index is -0.805. The molecule has 0 spiro atoms. The van der Waals surface area contributed by atoms with Crippen LogP contribution in [0, 0.1) is 0 Å². The fraction of sp³-hybridized carbons (Fsp3) is 0.316. The zero-order valence-corrected chi connectivity index (χ0v) is 15.2. The van der Waals surface area contributed by atoms with Crippen molar-refractivity contribution in [2.45, 2.75) is 17.5 Å². The van der Waals surface area contributed by atoms with Gasteiger partial charge >= 0.3 is 5.97 Å². The summed E-state index contributed by atoms with van der Waals surface area (Å²) >= 11 is 3.69. The molecule has 2 aromatic carbocycles. The number of thioether (sulfide) groups is 2. The first-order valence-electron chi connectivity index (χ1n) is 7.92. The Morgan fingerprint density at radius 3 is 1.75 bits per heavy atom. The fourth-order valence-corrected chi connectivity index (χ4v) is 4.47. The molecule has 0 radical (unpaired) electrons. The van der Waals surface area contributed by atoms with Crippen molar-refractivity contribution in [2.75, 3.05) is 18.1 Å². The molecule has 0 saturated carbocycles. The standard InChI is InChI=1S/C19H23NO2S2/c21-19(22)11-20-18(14-23-12-16-7-3-1-4-8-16)15-24-13-17-9-5-2-6-10-17/h1-10,18,20H,11-15H2,(H,21,22). The van der Waals surface area contributed by atoms with E-state index in [1.807, 2.05) is 59.9 Å². The lowest BCUT2D eigenvalue weighted by molar-refractivity contribution is -0.136. The predicted molar refractivity (Wildman–Crippen MR) is 105 cm³/mol. The Morgan fingerprint density at radius 1 is 0.875 bits per heavy atom. The highest BCUT2D eigenvalue weighted by Gasteiger charge is 2.10. The highest BCUT2D eigenvalue weighted by Crippen LogP contribution is 2.17. The lowest BCUT2D eigenvalue weighted by Gasteiger charge is -2.17. The van der Waals surface area contributed by atoms with Crippen LogP contribution in [0.4, 0.5) is 0 Å². The van der Waals surface area contributed by atoms with E-state index in [1.165, 1.54) is 11.1 Å². The summed E-state index contributed by atoms with van der Waals surface area (Å²) in [4.78, 5) is 10.8. The second-order valence-corrected chi connectivity index (χ2v) is 7.53. The van der Waals surface area contributed by atoms with E-state index in [-0.39, 0.29) is 12.6 Å². The third-order valence-corrected chi connectivity index (χ3v) is 5.75. The molecular weight excluding hydrogens is 338 g/mol. The Kier molecular flexibility index (Phi) is 8.81. The molecule has 2 N–H and O–H groups in total. The third-order valence-electron chi connectivity index (χ3n) is 3.40. The Bertz CT molecular complexity index is 547. The number of hydrogen-bond acceptors (Lipinski definition) is 4. The number of rotatable bonds is 11. The second kappa shape index (κ2) is 11.2. The monoisotopic (exact) mass is 361 g/mol. The van der Waals surface area contributed by atoms with E-state index >= 15 is 0 Å². The summed E-state index contributed by atoms with van der Waals surface area (Å²) in [5.74, 6) is 2.92. The quantitative estimate of drug-likeness (QED) is 0.636. The van der Waals surface area contributed by atoms with E-state index in [4.69, 9.17) is 5.11 Å². The maximum absolute atomic E-state index is 10.8. The Labute approximate surface area is 152 Å². The van der Waals surface area contributed by atoms with E-state index in [9.17, 15) is 4.79 Å². The van der Waals surface area contributed by atoms with Gasteiger partial charge in [0.25, 0.3) is 0 Å². The topological polar surface area (TPSA) is 49.3 Å².